The van der Waals surface area contributed by atoms with Gasteiger partial charge in [-0.15, -0.1) is 0 Å². The Morgan fingerprint density at radius 2 is 1.71 bits per heavy atom. The average molecular weight is 286 g/mol. The highest BCUT2D eigenvalue weighted by atomic mass is 19.1. The van der Waals surface area contributed by atoms with Crippen molar-refractivity contribution in [1.29, 1.82) is 0 Å². The lowest BCUT2D eigenvalue weighted by atomic mass is 10.0. The van der Waals surface area contributed by atoms with Crippen molar-refractivity contribution in [2.75, 3.05) is 20.6 Å². The van der Waals surface area contributed by atoms with Crippen molar-refractivity contribution in [3.63, 3.8) is 0 Å². The molecule has 0 fully saturated rings. The second-order valence-electron chi connectivity index (χ2n) is 5.37. The van der Waals surface area contributed by atoms with E-state index in [1.807, 2.05) is 32.3 Å². The summed E-state index contributed by atoms with van der Waals surface area (Å²) in [6, 6.07) is 17.7. The number of rotatable bonds is 7. The van der Waals surface area contributed by atoms with Gasteiger partial charge in [0.05, 0.1) is 0 Å². The van der Waals surface area contributed by atoms with Crippen LogP contribution in [0.15, 0.2) is 54.6 Å². The first kappa shape index (κ1) is 15.7. The topological polar surface area (TPSA) is 15.3 Å². The predicted molar refractivity (Wildman–Crippen MR) is 85.6 cm³/mol. The van der Waals surface area contributed by atoms with Gasteiger partial charge in [0.2, 0.25) is 0 Å². The molecular formula is C18H23FN2. The highest BCUT2D eigenvalue weighted by Gasteiger charge is 2.11. The monoisotopic (exact) mass is 286 g/mol. The van der Waals surface area contributed by atoms with Crippen molar-refractivity contribution in [2.45, 2.75) is 19.0 Å². The van der Waals surface area contributed by atoms with E-state index < -0.39 is 0 Å². The molecule has 0 bridgehead atoms. The largest absolute Gasteiger partial charge is 0.313 e. The highest BCUT2D eigenvalue weighted by Crippen LogP contribution is 2.17. The molecule has 0 amide bonds. The Bertz CT molecular complexity index is 542. The Kier molecular flexibility index (Phi) is 5.90. The minimum atomic E-state index is -0.127. The summed E-state index contributed by atoms with van der Waals surface area (Å²) in [5.74, 6) is -0.127. The highest BCUT2D eigenvalue weighted by molar-refractivity contribution is 5.19. The summed E-state index contributed by atoms with van der Waals surface area (Å²) in [6.45, 7) is 1.55. The van der Waals surface area contributed by atoms with E-state index in [-0.39, 0.29) is 5.82 Å². The molecule has 0 aromatic heterocycles. The fourth-order valence-electron chi connectivity index (χ4n) is 2.51. The van der Waals surface area contributed by atoms with E-state index in [4.69, 9.17) is 0 Å². The molecule has 1 N–H and O–H groups in total. The molecule has 0 saturated heterocycles. The molecule has 3 heteroatoms. The molecule has 0 aliphatic heterocycles. The zero-order valence-corrected chi connectivity index (χ0v) is 12.7. The molecule has 1 atom stereocenters. The maximum Gasteiger partial charge on any atom is 0.127 e. The minimum Gasteiger partial charge on any atom is -0.313 e. The van der Waals surface area contributed by atoms with E-state index in [0.29, 0.717) is 12.6 Å². The Morgan fingerprint density at radius 1 is 1.05 bits per heavy atom. The van der Waals surface area contributed by atoms with Crippen molar-refractivity contribution < 1.29 is 4.39 Å². The van der Waals surface area contributed by atoms with Crippen molar-refractivity contribution in [1.82, 2.24) is 10.2 Å². The van der Waals surface area contributed by atoms with E-state index in [0.717, 1.165) is 18.5 Å². The quantitative estimate of drug-likeness (QED) is 0.836. The molecule has 1 unspecified atom stereocenters. The van der Waals surface area contributed by atoms with Crippen LogP contribution in [-0.4, -0.2) is 25.5 Å². The summed E-state index contributed by atoms with van der Waals surface area (Å²) in [5, 5.41) is 3.35. The van der Waals surface area contributed by atoms with Gasteiger partial charge in [0.15, 0.2) is 0 Å². The van der Waals surface area contributed by atoms with Crippen LogP contribution < -0.4 is 5.32 Å². The number of nitrogens with zero attached hydrogens (tertiary/aromatic N) is 1. The fourth-order valence-corrected chi connectivity index (χ4v) is 2.51. The van der Waals surface area contributed by atoms with Crippen LogP contribution in [-0.2, 0) is 6.54 Å². The SMILES string of the molecule is CNC(CCN(C)Cc1ccccc1F)c1ccccc1. The summed E-state index contributed by atoms with van der Waals surface area (Å²) in [6.07, 6.45) is 0.992. The molecule has 0 aliphatic carbocycles. The zero-order chi connectivity index (χ0) is 15.1. The Morgan fingerprint density at radius 3 is 2.38 bits per heavy atom. The van der Waals surface area contributed by atoms with Crippen molar-refractivity contribution in [3.05, 3.63) is 71.5 Å². The van der Waals surface area contributed by atoms with Crippen LogP contribution in [0.25, 0.3) is 0 Å². The lowest BCUT2D eigenvalue weighted by molar-refractivity contribution is 0.299. The molecule has 2 aromatic carbocycles. The molecule has 2 rings (SSSR count). The molecular weight excluding hydrogens is 263 g/mol. The summed E-state index contributed by atoms with van der Waals surface area (Å²) in [7, 11) is 4.01. The molecule has 0 radical (unpaired) electrons. The lowest BCUT2D eigenvalue weighted by Crippen LogP contribution is -2.25. The third-order valence-corrected chi connectivity index (χ3v) is 3.75. The zero-order valence-electron chi connectivity index (χ0n) is 12.7. The van der Waals surface area contributed by atoms with Gasteiger partial charge in [0.1, 0.15) is 5.82 Å². The smallest absolute Gasteiger partial charge is 0.127 e. The molecule has 0 aliphatic rings. The third kappa shape index (κ3) is 4.66. The van der Waals surface area contributed by atoms with Crippen LogP contribution >= 0.6 is 0 Å². The summed E-state index contributed by atoms with van der Waals surface area (Å²) in [4.78, 5) is 2.16. The first-order valence-corrected chi connectivity index (χ1v) is 7.35. The Labute approximate surface area is 126 Å². The number of hydrogen-bond acceptors (Lipinski definition) is 2. The van der Waals surface area contributed by atoms with E-state index in [1.165, 1.54) is 11.6 Å². The lowest BCUT2D eigenvalue weighted by Gasteiger charge is -2.22. The molecule has 2 nitrogen and oxygen atoms in total. The van der Waals surface area contributed by atoms with Gasteiger partial charge < -0.3 is 10.2 Å². The van der Waals surface area contributed by atoms with Gasteiger partial charge in [-0.05, 0) is 38.7 Å². The van der Waals surface area contributed by atoms with Crippen molar-refractivity contribution in [2.24, 2.45) is 0 Å². The summed E-state index contributed by atoms with van der Waals surface area (Å²) < 4.78 is 13.6. The second-order valence-corrected chi connectivity index (χ2v) is 5.37. The van der Waals surface area contributed by atoms with Gasteiger partial charge in [-0.2, -0.15) is 0 Å². The molecule has 0 saturated carbocycles. The van der Waals surface area contributed by atoms with E-state index in [1.54, 1.807) is 6.07 Å². The molecule has 2 aromatic rings. The van der Waals surface area contributed by atoms with Gasteiger partial charge in [-0.1, -0.05) is 48.5 Å². The summed E-state index contributed by atoms with van der Waals surface area (Å²) in [5.41, 5.74) is 2.04. The number of nitrogens with one attached hydrogen (secondary N) is 1. The summed E-state index contributed by atoms with van der Waals surface area (Å²) >= 11 is 0. The van der Waals surface area contributed by atoms with Crippen LogP contribution in [0.5, 0.6) is 0 Å². The van der Waals surface area contributed by atoms with Crippen molar-refractivity contribution in [3.8, 4) is 0 Å². The van der Waals surface area contributed by atoms with Crippen LogP contribution in [0.3, 0.4) is 0 Å². The number of benzene rings is 2. The molecule has 0 spiro atoms. The van der Waals surface area contributed by atoms with Crippen LogP contribution in [0.2, 0.25) is 0 Å². The maximum atomic E-state index is 13.6. The number of halogens is 1. The molecule has 112 valence electrons. The van der Waals surface area contributed by atoms with Crippen LogP contribution in [0, 0.1) is 5.82 Å². The average Bonchev–Trinajstić information content (AvgIpc) is 2.51. The van der Waals surface area contributed by atoms with Gasteiger partial charge in [-0.25, -0.2) is 4.39 Å². The maximum absolute atomic E-state index is 13.6. The van der Waals surface area contributed by atoms with Gasteiger partial charge in [-0.3, -0.25) is 0 Å². The van der Waals surface area contributed by atoms with Crippen LogP contribution in [0.1, 0.15) is 23.6 Å². The second kappa shape index (κ2) is 7.91. The van der Waals surface area contributed by atoms with Gasteiger partial charge in [0.25, 0.3) is 0 Å². The fraction of sp³-hybridized carbons (Fsp3) is 0.333. The van der Waals surface area contributed by atoms with E-state index >= 15 is 0 Å². The minimum absolute atomic E-state index is 0.127. The van der Waals surface area contributed by atoms with Crippen molar-refractivity contribution >= 4 is 0 Å². The predicted octanol–water partition coefficient (Wildman–Crippen LogP) is 3.61. The molecule has 0 heterocycles. The Balaban J connectivity index is 1.88. The van der Waals surface area contributed by atoms with Gasteiger partial charge >= 0.3 is 0 Å². The first-order valence-electron chi connectivity index (χ1n) is 7.35. The standard InChI is InChI=1S/C18H23FN2/c1-20-18(15-8-4-3-5-9-15)12-13-21(2)14-16-10-6-7-11-17(16)19/h3-11,18,20H,12-14H2,1-2H3. The number of hydrogen-bond donors (Lipinski definition) is 1. The van der Waals surface area contributed by atoms with E-state index in [2.05, 4.69) is 34.5 Å². The Hall–Kier alpha value is -1.71. The van der Waals surface area contributed by atoms with Gasteiger partial charge in [0, 0.05) is 18.2 Å². The van der Waals surface area contributed by atoms with E-state index in [9.17, 15) is 4.39 Å². The third-order valence-electron chi connectivity index (χ3n) is 3.75. The van der Waals surface area contributed by atoms with Crippen LogP contribution in [0.4, 0.5) is 4.39 Å². The normalized spacial score (nSPS) is 12.6. The first-order chi connectivity index (χ1) is 10.2. The molecule has 21 heavy (non-hydrogen) atoms.